The Labute approximate surface area is 106 Å². The molecule has 1 heteroatoms. The molecule has 1 aromatic carbocycles. The Balaban J connectivity index is 1.96. The number of hydrogen-bond acceptors (Lipinski definition) is 1. The number of aryl methyl sites for hydroxylation is 2. The largest absolute Gasteiger partial charge is 0.310 e. The monoisotopic (exact) mass is 231 g/mol. The average molecular weight is 231 g/mol. The Morgan fingerprint density at radius 1 is 1.18 bits per heavy atom. The third-order valence-electron chi connectivity index (χ3n) is 4.14. The molecule has 1 saturated carbocycles. The fraction of sp³-hybridized carbons (Fsp3) is 0.625. The molecular formula is C16H25N. The maximum absolute atomic E-state index is 3.70. The van der Waals surface area contributed by atoms with Gasteiger partial charge in [0.05, 0.1) is 0 Å². The second-order valence-electron chi connectivity index (χ2n) is 6.19. The average Bonchev–Trinajstić information content (AvgIpc) is 2.22. The van der Waals surface area contributed by atoms with Crippen LogP contribution in [0.3, 0.4) is 0 Å². The quantitative estimate of drug-likeness (QED) is 0.821. The molecule has 0 saturated heterocycles. The van der Waals surface area contributed by atoms with Gasteiger partial charge >= 0.3 is 0 Å². The summed E-state index contributed by atoms with van der Waals surface area (Å²) in [6.07, 6.45) is 4.19. The van der Waals surface area contributed by atoms with Crippen LogP contribution in [0.2, 0.25) is 0 Å². The predicted octanol–water partition coefficient (Wildman–Crippen LogP) is 4.14. The smallest absolute Gasteiger partial charge is 0.0292 e. The van der Waals surface area contributed by atoms with Gasteiger partial charge in [-0.05, 0) is 44.6 Å². The molecule has 1 aliphatic carbocycles. The molecule has 1 atom stereocenters. The van der Waals surface area contributed by atoms with Crippen LogP contribution in [0, 0.1) is 19.3 Å². The van der Waals surface area contributed by atoms with Crippen molar-refractivity contribution in [1.29, 1.82) is 0 Å². The molecule has 1 aromatic rings. The zero-order chi connectivity index (χ0) is 12.5. The van der Waals surface area contributed by atoms with Gasteiger partial charge in [-0.25, -0.2) is 0 Å². The van der Waals surface area contributed by atoms with E-state index in [0.717, 1.165) is 6.54 Å². The molecule has 0 heterocycles. The summed E-state index contributed by atoms with van der Waals surface area (Å²) in [5, 5.41) is 3.70. The second kappa shape index (κ2) is 4.81. The summed E-state index contributed by atoms with van der Waals surface area (Å²) in [4.78, 5) is 0. The molecule has 1 unspecified atom stereocenters. The van der Waals surface area contributed by atoms with Crippen LogP contribution in [0.1, 0.15) is 55.8 Å². The topological polar surface area (TPSA) is 12.0 Å². The highest BCUT2D eigenvalue weighted by atomic mass is 14.9. The standard InChI is InChI=1S/C16H25N/c1-12-8-13(2)10-15(9-12)14(3)17-11-16(4)6-5-7-16/h8-10,14,17H,5-7,11H2,1-4H3. The third kappa shape index (κ3) is 3.10. The predicted molar refractivity (Wildman–Crippen MR) is 74.3 cm³/mol. The Hall–Kier alpha value is -0.820. The second-order valence-corrected chi connectivity index (χ2v) is 6.19. The van der Waals surface area contributed by atoms with E-state index in [1.54, 1.807) is 0 Å². The minimum absolute atomic E-state index is 0.464. The van der Waals surface area contributed by atoms with Crippen molar-refractivity contribution in [3.8, 4) is 0 Å². The summed E-state index contributed by atoms with van der Waals surface area (Å²) in [6.45, 7) is 10.2. The molecule has 0 aromatic heterocycles. The Bertz CT molecular complexity index is 370. The van der Waals surface area contributed by atoms with Gasteiger partial charge in [0.25, 0.3) is 0 Å². The summed E-state index contributed by atoms with van der Waals surface area (Å²) >= 11 is 0. The number of hydrogen-bond donors (Lipinski definition) is 1. The normalized spacial score (nSPS) is 19.8. The minimum atomic E-state index is 0.464. The highest BCUT2D eigenvalue weighted by Gasteiger charge is 2.31. The lowest BCUT2D eigenvalue weighted by atomic mass is 9.70. The molecule has 0 aliphatic heterocycles. The molecule has 0 radical (unpaired) electrons. The highest BCUT2D eigenvalue weighted by Crippen LogP contribution is 2.39. The minimum Gasteiger partial charge on any atom is -0.310 e. The first-order chi connectivity index (χ1) is 7.98. The number of nitrogens with one attached hydrogen (secondary N) is 1. The van der Waals surface area contributed by atoms with Gasteiger partial charge in [-0.1, -0.05) is 42.7 Å². The molecule has 1 fully saturated rings. The maximum atomic E-state index is 3.70. The van der Waals surface area contributed by atoms with Gasteiger partial charge in [0, 0.05) is 12.6 Å². The van der Waals surface area contributed by atoms with Gasteiger partial charge in [-0.15, -0.1) is 0 Å². The molecule has 1 N–H and O–H groups in total. The zero-order valence-corrected chi connectivity index (χ0v) is 11.6. The molecule has 1 aliphatic rings. The van der Waals surface area contributed by atoms with E-state index in [4.69, 9.17) is 0 Å². The van der Waals surface area contributed by atoms with Crippen LogP contribution in [0.4, 0.5) is 0 Å². The lowest BCUT2D eigenvalue weighted by molar-refractivity contribution is 0.152. The fourth-order valence-electron chi connectivity index (χ4n) is 2.73. The van der Waals surface area contributed by atoms with Crippen LogP contribution in [-0.4, -0.2) is 6.54 Å². The fourth-order valence-corrected chi connectivity index (χ4v) is 2.73. The SMILES string of the molecule is Cc1cc(C)cc(C(C)NCC2(C)CCC2)c1. The number of benzene rings is 1. The van der Waals surface area contributed by atoms with E-state index in [1.165, 1.54) is 36.0 Å². The Morgan fingerprint density at radius 3 is 2.24 bits per heavy atom. The van der Waals surface area contributed by atoms with Crippen molar-refractivity contribution < 1.29 is 0 Å². The van der Waals surface area contributed by atoms with Crippen molar-refractivity contribution in [3.63, 3.8) is 0 Å². The summed E-state index contributed by atoms with van der Waals surface area (Å²) in [5.74, 6) is 0. The molecule has 0 spiro atoms. The third-order valence-corrected chi connectivity index (χ3v) is 4.14. The van der Waals surface area contributed by atoms with Gasteiger partial charge in [-0.3, -0.25) is 0 Å². The van der Waals surface area contributed by atoms with Gasteiger partial charge in [0.15, 0.2) is 0 Å². The van der Waals surface area contributed by atoms with Crippen LogP contribution < -0.4 is 5.32 Å². The van der Waals surface area contributed by atoms with Crippen molar-refractivity contribution in [2.75, 3.05) is 6.54 Å². The molecular weight excluding hydrogens is 206 g/mol. The Kier molecular flexibility index (Phi) is 3.58. The van der Waals surface area contributed by atoms with Gasteiger partial charge < -0.3 is 5.32 Å². The summed E-state index contributed by atoms with van der Waals surface area (Å²) in [6, 6.07) is 7.30. The molecule has 94 valence electrons. The maximum Gasteiger partial charge on any atom is 0.0292 e. The van der Waals surface area contributed by atoms with Crippen molar-refractivity contribution in [2.45, 2.75) is 53.0 Å². The van der Waals surface area contributed by atoms with Crippen molar-refractivity contribution in [3.05, 3.63) is 34.9 Å². The number of rotatable bonds is 4. The van der Waals surface area contributed by atoms with Crippen molar-refractivity contribution in [2.24, 2.45) is 5.41 Å². The van der Waals surface area contributed by atoms with E-state index >= 15 is 0 Å². The molecule has 17 heavy (non-hydrogen) atoms. The first kappa shape index (κ1) is 12.6. The van der Waals surface area contributed by atoms with Gasteiger partial charge in [0.2, 0.25) is 0 Å². The molecule has 0 amide bonds. The van der Waals surface area contributed by atoms with Crippen LogP contribution in [0.15, 0.2) is 18.2 Å². The molecule has 2 rings (SSSR count). The molecule has 0 bridgehead atoms. The summed E-state index contributed by atoms with van der Waals surface area (Å²) in [5.41, 5.74) is 4.71. The van der Waals surface area contributed by atoms with E-state index in [2.05, 4.69) is 51.2 Å². The highest BCUT2D eigenvalue weighted by molar-refractivity contribution is 5.30. The van der Waals surface area contributed by atoms with E-state index in [1.807, 2.05) is 0 Å². The van der Waals surface area contributed by atoms with Crippen molar-refractivity contribution >= 4 is 0 Å². The van der Waals surface area contributed by atoms with Crippen LogP contribution >= 0.6 is 0 Å². The first-order valence-corrected chi connectivity index (χ1v) is 6.80. The molecule has 1 nitrogen and oxygen atoms in total. The lowest BCUT2D eigenvalue weighted by Gasteiger charge is -2.39. The van der Waals surface area contributed by atoms with Gasteiger partial charge in [-0.2, -0.15) is 0 Å². The summed E-state index contributed by atoms with van der Waals surface area (Å²) in [7, 11) is 0. The van der Waals surface area contributed by atoms with E-state index in [0.29, 0.717) is 11.5 Å². The van der Waals surface area contributed by atoms with Crippen LogP contribution in [0.25, 0.3) is 0 Å². The van der Waals surface area contributed by atoms with Crippen molar-refractivity contribution in [1.82, 2.24) is 5.32 Å². The Morgan fingerprint density at radius 2 is 1.76 bits per heavy atom. The summed E-state index contributed by atoms with van der Waals surface area (Å²) < 4.78 is 0. The van der Waals surface area contributed by atoms with E-state index in [9.17, 15) is 0 Å². The lowest BCUT2D eigenvalue weighted by Crippen LogP contribution is -2.38. The van der Waals surface area contributed by atoms with E-state index < -0.39 is 0 Å². The van der Waals surface area contributed by atoms with E-state index in [-0.39, 0.29) is 0 Å². The first-order valence-electron chi connectivity index (χ1n) is 6.80. The van der Waals surface area contributed by atoms with Crippen LogP contribution in [-0.2, 0) is 0 Å². The van der Waals surface area contributed by atoms with Gasteiger partial charge in [0.1, 0.15) is 0 Å². The zero-order valence-electron chi connectivity index (χ0n) is 11.6. The van der Waals surface area contributed by atoms with Crippen LogP contribution in [0.5, 0.6) is 0 Å².